The molecule has 0 radical (unpaired) electrons. The SMILES string of the molecule is CC(NC(=O)CCC1CCNC1)c1cccc(NC(=O)Cc2ccccc2F)c1.Cl. The summed E-state index contributed by atoms with van der Waals surface area (Å²) >= 11 is 0. The van der Waals surface area contributed by atoms with E-state index >= 15 is 0 Å². The van der Waals surface area contributed by atoms with Gasteiger partial charge in [0.1, 0.15) is 5.82 Å². The average molecular weight is 434 g/mol. The van der Waals surface area contributed by atoms with Gasteiger partial charge in [-0.3, -0.25) is 9.59 Å². The van der Waals surface area contributed by atoms with E-state index in [2.05, 4.69) is 16.0 Å². The van der Waals surface area contributed by atoms with E-state index in [0.29, 0.717) is 23.6 Å². The second kappa shape index (κ2) is 11.7. The number of amides is 2. The van der Waals surface area contributed by atoms with Crippen LogP contribution in [0, 0.1) is 11.7 Å². The Balaban J connectivity index is 0.00000320. The van der Waals surface area contributed by atoms with E-state index in [1.54, 1.807) is 24.3 Å². The van der Waals surface area contributed by atoms with Gasteiger partial charge in [-0.05, 0) is 68.1 Å². The number of halogens is 2. The monoisotopic (exact) mass is 433 g/mol. The lowest BCUT2D eigenvalue weighted by molar-refractivity contribution is -0.122. The van der Waals surface area contributed by atoms with Crippen LogP contribution < -0.4 is 16.0 Å². The molecule has 0 saturated carbocycles. The second-order valence-corrected chi connectivity index (χ2v) is 7.63. The van der Waals surface area contributed by atoms with E-state index in [-0.39, 0.29) is 42.5 Å². The van der Waals surface area contributed by atoms with Gasteiger partial charge in [0.15, 0.2) is 0 Å². The summed E-state index contributed by atoms with van der Waals surface area (Å²) in [6.45, 7) is 3.96. The molecule has 0 aliphatic carbocycles. The zero-order valence-electron chi connectivity index (χ0n) is 17.1. The molecule has 3 rings (SSSR count). The maximum atomic E-state index is 13.7. The summed E-state index contributed by atoms with van der Waals surface area (Å²) in [7, 11) is 0. The first-order valence-corrected chi connectivity index (χ1v) is 10.1. The molecule has 162 valence electrons. The van der Waals surface area contributed by atoms with Gasteiger partial charge < -0.3 is 16.0 Å². The van der Waals surface area contributed by atoms with Crippen molar-refractivity contribution in [2.75, 3.05) is 18.4 Å². The molecular weight excluding hydrogens is 405 g/mol. The Morgan fingerprint density at radius 2 is 1.97 bits per heavy atom. The number of hydrogen-bond acceptors (Lipinski definition) is 3. The third kappa shape index (κ3) is 7.11. The van der Waals surface area contributed by atoms with Gasteiger partial charge in [-0.25, -0.2) is 4.39 Å². The summed E-state index contributed by atoms with van der Waals surface area (Å²) in [4.78, 5) is 24.5. The first-order valence-electron chi connectivity index (χ1n) is 10.1. The van der Waals surface area contributed by atoms with Crippen LogP contribution in [0.25, 0.3) is 0 Å². The van der Waals surface area contributed by atoms with Gasteiger partial charge in [0.05, 0.1) is 12.5 Å². The molecule has 1 aliphatic rings. The molecule has 2 amide bonds. The van der Waals surface area contributed by atoms with E-state index in [1.807, 2.05) is 25.1 Å². The highest BCUT2D eigenvalue weighted by atomic mass is 35.5. The number of anilines is 1. The van der Waals surface area contributed by atoms with Crippen LogP contribution in [0.15, 0.2) is 48.5 Å². The molecule has 7 heteroatoms. The first-order chi connectivity index (χ1) is 14.0. The molecule has 2 atom stereocenters. The Morgan fingerprint density at radius 3 is 2.70 bits per heavy atom. The minimum atomic E-state index is -0.388. The van der Waals surface area contributed by atoms with E-state index in [0.717, 1.165) is 31.5 Å². The molecule has 2 aromatic rings. The number of benzene rings is 2. The highest BCUT2D eigenvalue weighted by Crippen LogP contribution is 2.19. The van der Waals surface area contributed by atoms with Crippen molar-refractivity contribution in [1.29, 1.82) is 0 Å². The van der Waals surface area contributed by atoms with Crippen molar-refractivity contribution < 1.29 is 14.0 Å². The summed E-state index contributed by atoms with van der Waals surface area (Å²) in [6.07, 6.45) is 2.53. The molecule has 0 aromatic heterocycles. The summed E-state index contributed by atoms with van der Waals surface area (Å²) < 4.78 is 13.7. The van der Waals surface area contributed by atoms with Crippen LogP contribution in [0.4, 0.5) is 10.1 Å². The number of carbonyl (C=O) groups is 2. The van der Waals surface area contributed by atoms with Crippen molar-refractivity contribution >= 4 is 29.9 Å². The topological polar surface area (TPSA) is 70.2 Å². The molecule has 3 N–H and O–H groups in total. The molecule has 1 fully saturated rings. The number of carbonyl (C=O) groups excluding carboxylic acids is 2. The Labute approximate surface area is 183 Å². The highest BCUT2D eigenvalue weighted by Gasteiger charge is 2.17. The Kier molecular flexibility index (Phi) is 9.27. The van der Waals surface area contributed by atoms with Crippen LogP contribution in [-0.4, -0.2) is 24.9 Å². The molecule has 1 heterocycles. The number of hydrogen-bond donors (Lipinski definition) is 3. The van der Waals surface area contributed by atoms with Crippen LogP contribution in [0.1, 0.15) is 43.4 Å². The molecule has 2 unspecified atom stereocenters. The van der Waals surface area contributed by atoms with E-state index in [9.17, 15) is 14.0 Å². The van der Waals surface area contributed by atoms with Gasteiger partial charge in [0.2, 0.25) is 11.8 Å². The second-order valence-electron chi connectivity index (χ2n) is 7.63. The van der Waals surface area contributed by atoms with Gasteiger partial charge in [-0.1, -0.05) is 30.3 Å². The lowest BCUT2D eigenvalue weighted by Crippen LogP contribution is -2.27. The normalized spacial score (nSPS) is 16.4. The van der Waals surface area contributed by atoms with E-state index < -0.39 is 0 Å². The van der Waals surface area contributed by atoms with Crippen LogP contribution >= 0.6 is 12.4 Å². The van der Waals surface area contributed by atoms with Crippen molar-refractivity contribution in [2.45, 2.75) is 38.6 Å². The quantitative estimate of drug-likeness (QED) is 0.589. The summed E-state index contributed by atoms with van der Waals surface area (Å²) in [6, 6.07) is 13.5. The standard InChI is InChI=1S/C23H28FN3O2.ClH/c1-16(26-22(28)10-9-17-11-12-25-15-17)18-6-4-7-20(13-18)27-23(29)14-19-5-2-3-8-21(19)24;/h2-8,13,16-17,25H,9-12,14-15H2,1H3,(H,26,28)(H,27,29);1H. The van der Waals surface area contributed by atoms with E-state index in [1.165, 1.54) is 6.07 Å². The predicted octanol–water partition coefficient (Wildman–Crippen LogP) is 4.00. The van der Waals surface area contributed by atoms with Gasteiger partial charge in [-0.15, -0.1) is 12.4 Å². The maximum absolute atomic E-state index is 13.7. The molecule has 5 nitrogen and oxygen atoms in total. The van der Waals surface area contributed by atoms with Crippen molar-refractivity contribution in [3.05, 3.63) is 65.5 Å². The van der Waals surface area contributed by atoms with Gasteiger partial charge >= 0.3 is 0 Å². The zero-order chi connectivity index (χ0) is 20.6. The first kappa shape index (κ1) is 23.8. The predicted molar refractivity (Wildman–Crippen MR) is 119 cm³/mol. The molecule has 30 heavy (non-hydrogen) atoms. The van der Waals surface area contributed by atoms with Crippen molar-refractivity contribution in [1.82, 2.24) is 10.6 Å². The van der Waals surface area contributed by atoms with Crippen molar-refractivity contribution in [2.24, 2.45) is 5.92 Å². The summed E-state index contributed by atoms with van der Waals surface area (Å²) in [5.74, 6) is -0.0438. The number of nitrogens with one attached hydrogen (secondary N) is 3. The maximum Gasteiger partial charge on any atom is 0.228 e. The van der Waals surface area contributed by atoms with E-state index in [4.69, 9.17) is 0 Å². The fourth-order valence-corrected chi connectivity index (χ4v) is 3.60. The van der Waals surface area contributed by atoms with Crippen LogP contribution in [0.2, 0.25) is 0 Å². The summed E-state index contributed by atoms with van der Waals surface area (Å²) in [5, 5.41) is 9.15. The molecule has 1 aliphatic heterocycles. The summed E-state index contributed by atoms with van der Waals surface area (Å²) in [5.41, 5.74) is 1.89. The third-order valence-corrected chi connectivity index (χ3v) is 5.30. The highest BCUT2D eigenvalue weighted by molar-refractivity contribution is 5.92. The fourth-order valence-electron chi connectivity index (χ4n) is 3.60. The van der Waals surface area contributed by atoms with Crippen LogP contribution in [0.3, 0.4) is 0 Å². The molecule has 2 aromatic carbocycles. The van der Waals surface area contributed by atoms with Crippen molar-refractivity contribution in [3.63, 3.8) is 0 Å². The molecule has 0 spiro atoms. The van der Waals surface area contributed by atoms with Crippen LogP contribution in [-0.2, 0) is 16.0 Å². The fraction of sp³-hybridized carbons (Fsp3) is 0.391. The third-order valence-electron chi connectivity index (χ3n) is 5.30. The minimum absolute atomic E-state index is 0. The lowest BCUT2D eigenvalue weighted by atomic mass is 10.0. The largest absolute Gasteiger partial charge is 0.350 e. The Hall–Kier alpha value is -2.44. The molecule has 0 bridgehead atoms. The Bertz CT molecular complexity index is 856. The molecular formula is C23H29ClFN3O2. The minimum Gasteiger partial charge on any atom is -0.350 e. The van der Waals surface area contributed by atoms with Crippen LogP contribution in [0.5, 0.6) is 0 Å². The van der Waals surface area contributed by atoms with Gasteiger partial charge in [0.25, 0.3) is 0 Å². The Morgan fingerprint density at radius 1 is 1.17 bits per heavy atom. The zero-order valence-corrected chi connectivity index (χ0v) is 17.9. The van der Waals surface area contributed by atoms with Crippen molar-refractivity contribution in [3.8, 4) is 0 Å². The van der Waals surface area contributed by atoms with Gasteiger partial charge in [0, 0.05) is 12.1 Å². The average Bonchev–Trinajstić information content (AvgIpc) is 3.22. The lowest BCUT2D eigenvalue weighted by Gasteiger charge is -2.16. The molecule has 1 saturated heterocycles. The smallest absolute Gasteiger partial charge is 0.228 e. The number of rotatable bonds is 8. The van der Waals surface area contributed by atoms with Gasteiger partial charge in [-0.2, -0.15) is 0 Å².